The number of rotatable bonds is 7. The molecule has 0 saturated heterocycles. The van der Waals surface area contributed by atoms with Crippen molar-refractivity contribution in [2.24, 2.45) is 4.99 Å². The number of likely N-dealkylation sites (N-methyl/N-ethyl adjacent to an activating group) is 1. The summed E-state index contributed by atoms with van der Waals surface area (Å²) < 4.78 is 18.9. The van der Waals surface area contributed by atoms with Crippen LogP contribution >= 0.6 is 0 Å². The lowest BCUT2D eigenvalue weighted by molar-refractivity contribution is 0.281. The number of benzene rings is 2. The summed E-state index contributed by atoms with van der Waals surface area (Å²) in [4.78, 5) is 6.27. The molecule has 0 aliphatic heterocycles. The number of hydrogen-bond acceptors (Lipinski definition) is 2. The van der Waals surface area contributed by atoms with E-state index in [2.05, 4.69) is 10.3 Å². The highest BCUT2D eigenvalue weighted by atomic mass is 19.1. The van der Waals surface area contributed by atoms with Crippen molar-refractivity contribution in [1.29, 1.82) is 0 Å². The third-order valence-corrected chi connectivity index (χ3v) is 3.60. The summed E-state index contributed by atoms with van der Waals surface area (Å²) in [6.07, 6.45) is 0.741. The van der Waals surface area contributed by atoms with Crippen LogP contribution in [0.2, 0.25) is 0 Å². The lowest BCUT2D eigenvalue weighted by atomic mass is 10.1. The van der Waals surface area contributed by atoms with E-state index in [1.165, 1.54) is 6.07 Å². The highest BCUT2D eigenvalue weighted by molar-refractivity contribution is 5.79. The van der Waals surface area contributed by atoms with Crippen LogP contribution < -0.4 is 10.1 Å². The summed E-state index contributed by atoms with van der Waals surface area (Å²) in [7, 11) is 3.71. The molecule has 0 amide bonds. The molecule has 0 saturated carbocycles. The van der Waals surface area contributed by atoms with E-state index in [0.717, 1.165) is 23.7 Å². The van der Waals surface area contributed by atoms with Gasteiger partial charge in [0.1, 0.15) is 18.2 Å². The minimum atomic E-state index is -0.202. The molecule has 128 valence electrons. The van der Waals surface area contributed by atoms with Crippen LogP contribution in [0.25, 0.3) is 0 Å². The molecule has 24 heavy (non-hydrogen) atoms. The van der Waals surface area contributed by atoms with Gasteiger partial charge in [0.15, 0.2) is 5.96 Å². The average Bonchev–Trinajstić information content (AvgIpc) is 2.59. The van der Waals surface area contributed by atoms with E-state index in [1.807, 2.05) is 48.3 Å². The first-order valence-electron chi connectivity index (χ1n) is 8.03. The minimum absolute atomic E-state index is 0.202. The van der Waals surface area contributed by atoms with E-state index in [1.54, 1.807) is 19.2 Å². The molecule has 0 spiro atoms. The van der Waals surface area contributed by atoms with Gasteiger partial charge in [-0.05, 0) is 36.2 Å². The molecule has 0 radical (unpaired) electrons. The molecule has 0 fully saturated rings. The van der Waals surface area contributed by atoms with E-state index in [4.69, 9.17) is 4.74 Å². The van der Waals surface area contributed by atoms with Crippen molar-refractivity contribution in [3.05, 3.63) is 66.0 Å². The molecule has 0 bridgehead atoms. The van der Waals surface area contributed by atoms with Gasteiger partial charge in [-0.3, -0.25) is 4.99 Å². The lowest BCUT2D eigenvalue weighted by Gasteiger charge is -2.22. The van der Waals surface area contributed by atoms with Crippen LogP contribution in [0.15, 0.2) is 59.6 Å². The molecule has 2 aromatic carbocycles. The number of nitrogens with one attached hydrogen (secondary N) is 1. The molecule has 0 aliphatic carbocycles. The molecule has 2 rings (SSSR count). The average molecular weight is 329 g/mol. The predicted molar refractivity (Wildman–Crippen MR) is 96.0 cm³/mol. The Morgan fingerprint density at radius 1 is 1.17 bits per heavy atom. The number of hydrogen-bond donors (Lipinski definition) is 1. The van der Waals surface area contributed by atoms with E-state index < -0.39 is 0 Å². The second-order valence-corrected chi connectivity index (χ2v) is 5.44. The van der Waals surface area contributed by atoms with Gasteiger partial charge in [-0.25, -0.2) is 4.39 Å². The Morgan fingerprint density at radius 3 is 2.67 bits per heavy atom. The Kier molecular flexibility index (Phi) is 7.08. The summed E-state index contributed by atoms with van der Waals surface area (Å²) >= 11 is 0. The fraction of sp³-hybridized carbons (Fsp3) is 0.316. The predicted octanol–water partition coefficient (Wildman–Crippen LogP) is 2.95. The number of halogens is 1. The topological polar surface area (TPSA) is 36.9 Å². The molecular weight excluding hydrogens is 305 g/mol. The van der Waals surface area contributed by atoms with Gasteiger partial charge in [-0.1, -0.05) is 30.3 Å². The van der Waals surface area contributed by atoms with E-state index in [0.29, 0.717) is 19.7 Å². The fourth-order valence-corrected chi connectivity index (χ4v) is 2.32. The molecule has 1 N–H and O–H groups in total. The van der Waals surface area contributed by atoms with Gasteiger partial charge < -0.3 is 15.0 Å². The van der Waals surface area contributed by atoms with Crippen LogP contribution in [0.3, 0.4) is 0 Å². The maximum absolute atomic E-state index is 13.2. The summed E-state index contributed by atoms with van der Waals surface area (Å²) in [5, 5.41) is 3.28. The van der Waals surface area contributed by atoms with Gasteiger partial charge in [-0.15, -0.1) is 0 Å². The molecule has 5 heteroatoms. The third kappa shape index (κ3) is 5.91. The molecule has 0 atom stereocenters. The minimum Gasteiger partial charge on any atom is -0.492 e. The van der Waals surface area contributed by atoms with Gasteiger partial charge in [-0.2, -0.15) is 0 Å². The Balaban J connectivity index is 1.72. The molecule has 0 aromatic heterocycles. The first kappa shape index (κ1) is 17.8. The van der Waals surface area contributed by atoms with Crippen LogP contribution in [0.1, 0.15) is 5.56 Å². The molecule has 0 aliphatic rings. The molecule has 0 unspecified atom stereocenters. The zero-order valence-corrected chi connectivity index (χ0v) is 14.2. The standard InChI is InChI=1S/C19H24FN3O/c1-21-19(22-12-11-16-7-6-8-17(20)15-16)23(2)13-14-24-18-9-4-3-5-10-18/h3-10,15H,11-14H2,1-2H3,(H,21,22). The summed E-state index contributed by atoms with van der Waals surface area (Å²) in [5.74, 6) is 1.45. The SMILES string of the molecule is CN=C(NCCc1cccc(F)c1)N(C)CCOc1ccccc1. The number of guanidine groups is 1. The highest BCUT2D eigenvalue weighted by Gasteiger charge is 2.05. The Labute approximate surface area is 143 Å². The number of nitrogens with zero attached hydrogens (tertiary/aromatic N) is 2. The van der Waals surface area contributed by atoms with Gasteiger partial charge in [0.25, 0.3) is 0 Å². The first-order valence-corrected chi connectivity index (χ1v) is 8.03. The maximum Gasteiger partial charge on any atom is 0.193 e. The fourth-order valence-electron chi connectivity index (χ4n) is 2.32. The maximum atomic E-state index is 13.2. The van der Waals surface area contributed by atoms with Crippen LogP contribution in [0.5, 0.6) is 5.75 Å². The van der Waals surface area contributed by atoms with Crippen molar-refractivity contribution in [2.45, 2.75) is 6.42 Å². The number of para-hydroxylation sites is 1. The van der Waals surface area contributed by atoms with Crippen molar-refractivity contribution in [3.8, 4) is 5.75 Å². The summed E-state index contributed by atoms with van der Waals surface area (Å²) in [6.45, 7) is 1.99. The zero-order valence-electron chi connectivity index (χ0n) is 14.2. The van der Waals surface area contributed by atoms with Gasteiger partial charge >= 0.3 is 0 Å². The zero-order chi connectivity index (χ0) is 17.2. The van der Waals surface area contributed by atoms with Crippen LogP contribution in [-0.2, 0) is 6.42 Å². The third-order valence-electron chi connectivity index (χ3n) is 3.60. The van der Waals surface area contributed by atoms with Crippen LogP contribution in [0.4, 0.5) is 4.39 Å². The largest absolute Gasteiger partial charge is 0.492 e. The first-order chi connectivity index (χ1) is 11.7. The second kappa shape index (κ2) is 9.55. The molecule has 0 heterocycles. The van der Waals surface area contributed by atoms with Crippen molar-refractivity contribution in [2.75, 3.05) is 33.8 Å². The van der Waals surface area contributed by atoms with E-state index in [9.17, 15) is 4.39 Å². The number of ether oxygens (including phenoxy) is 1. The van der Waals surface area contributed by atoms with Crippen molar-refractivity contribution in [3.63, 3.8) is 0 Å². The van der Waals surface area contributed by atoms with Gasteiger partial charge in [0.2, 0.25) is 0 Å². The highest BCUT2D eigenvalue weighted by Crippen LogP contribution is 2.08. The summed E-state index contributed by atoms with van der Waals surface area (Å²) in [6, 6.07) is 16.4. The molecule has 4 nitrogen and oxygen atoms in total. The van der Waals surface area contributed by atoms with Crippen molar-refractivity contribution in [1.82, 2.24) is 10.2 Å². The van der Waals surface area contributed by atoms with Crippen molar-refractivity contribution < 1.29 is 9.13 Å². The molecule has 2 aromatic rings. The van der Waals surface area contributed by atoms with Gasteiger partial charge in [0, 0.05) is 20.6 Å². The lowest BCUT2D eigenvalue weighted by Crippen LogP contribution is -2.41. The Hall–Kier alpha value is -2.56. The van der Waals surface area contributed by atoms with Crippen LogP contribution in [-0.4, -0.2) is 44.7 Å². The Bertz CT molecular complexity index is 646. The smallest absolute Gasteiger partial charge is 0.193 e. The van der Waals surface area contributed by atoms with Crippen molar-refractivity contribution >= 4 is 5.96 Å². The van der Waals surface area contributed by atoms with Crippen LogP contribution in [0, 0.1) is 5.82 Å². The number of aliphatic imine (C=N–C) groups is 1. The second-order valence-electron chi connectivity index (χ2n) is 5.44. The summed E-state index contributed by atoms with van der Waals surface area (Å²) in [5.41, 5.74) is 0.966. The van der Waals surface area contributed by atoms with E-state index >= 15 is 0 Å². The quantitative estimate of drug-likeness (QED) is 0.627. The normalized spacial score (nSPS) is 11.2. The Morgan fingerprint density at radius 2 is 1.96 bits per heavy atom. The molecular formula is C19H24FN3O. The van der Waals surface area contributed by atoms with Gasteiger partial charge in [0.05, 0.1) is 6.54 Å². The monoisotopic (exact) mass is 329 g/mol. The van der Waals surface area contributed by atoms with E-state index in [-0.39, 0.29) is 5.82 Å².